The summed E-state index contributed by atoms with van der Waals surface area (Å²) >= 11 is 0. The molecule has 168 valence electrons. The largest absolute Gasteiger partial charge is 0.391 e. The van der Waals surface area contributed by atoms with Crippen LogP contribution in [0.15, 0.2) is 12.2 Å². The zero-order chi connectivity index (χ0) is 21.9. The highest BCUT2D eigenvalue weighted by atomic mass is 19.4. The van der Waals surface area contributed by atoms with Gasteiger partial charge in [0.2, 0.25) is 11.8 Å². The zero-order valence-corrected chi connectivity index (χ0v) is 18.0. The number of nitrogens with one attached hydrogen (secondary N) is 2. The van der Waals surface area contributed by atoms with Gasteiger partial charge in [0.05, 0.1) is 6.42 Å². The van der Waals surface area contributed by atoms with Crippen molar-refractivity contribution < 1.29 is 22.8 Å². The molecule has 0 saturated heterocycles. The summed E-state index contributed by atoms with van der Waals surface area (Å²) in [6, 6.07) is -0.730. The lowest BCUT2D eigenvalue weighted by Gasteiger charge is -2.58. The van der Waals surface area contributed by atoms with Crippen molar-refractivity contribution in [2.75, 3.05) is 0 Å². The van der Waals surface area contributed by atoms with Gasteiger partial charge in [0.1, 0.15) is 0 Å². The highest BCUT2D eigenvalue weighted by Crippen LogP contribution is 2.65. The summed E-state index contributed by atoms with van der Waals surface area (Å²) in [7, 11) is 0. The lowest BCUT2D eigenvalue weighted by molar-refractivity contribution is -0.144. The Labute approximate surface area is 176 Å². The molecule has 2 N–H and O–H groups in total. The molecule has 2 amide bonds. The first-order valence-electron chi connectivity index (χ1n) is 11.3. The van der Waals surface area contributed by atoms with E-state index in [1.165, 1.54) is 6.92 Å². The minimum atomic E-state index is -4.27. The fourth-order valence-electron chi connectivity index (χ4n) is 7.51. The number of carbonyl (C=O) groups excluding carboxylic acids is 2. The number of alkyl halides is 3. The van der Waals surface area contributed by atoms with Gasteiger partial charge in [-0.3, -0.25) is 9.59 Å². The van der Waals surface area contributed by atoms with Crippen molar-refractivity contribution in [2.24, 2.45) is 34.5 Å². The molecule has 3 fully saturated rings. The van der Waals surface area contributed by atoms with Crippen molar-refractivity contribution in [3.8, 4) is 0 Å². The molecular weight excluding hydrogens is 393 g/mol. The smallest absolute Gasteiger partial charge is 0.353 e. The second-order valence-electron chi connectivity index (χ2n) is 10.6. The molecule has 1 unspecified atom stereocenters. The van der Waals surface area contributed by atoms with E-state index in [2.05, 4.69) is 30.6 Å². The topological polar surface area (TPSA) is 58.2 Å². The molecule has 8 atom stereocenters. The van der Waals surface area contributed by atoms with Crippen LogP contribution in [0.25, 0.3) is 0 Å². The highest BCUT2D eigenvalue weighted by molar-refractivity contribution is 5.89. The van der Waals surface area contributed by atoms with Crippen LogP contribution in [0.5, 0.6) is 0 Å². The summed E-state index contributed by atoms with van der Waals surface area (Å²) in [6.07, 6.45) is 4.10. The van der Waals surface area contributed by atoms with E-state index in [0.717, 1.165) is 38.5 Å². The molecule has 3 aliphatic carbocycles. The minimum Gasteiger partial charge on any atom is -0.353 e. The summed E-state index contributed by atoms with van der Waals surface area (Å²) in [5.74, 6) is 0.939. The van der Waals surface area contributed by atoms with E-state index >= 15 is 0 Å². The lowest BCUT2D eigenvalue weighted by atomic mass is 9.48. The van der Waals surface area contributed by atoms with Crippen LogP contribution >= 0.6 is 0 Å². The molecule has 4 rings (SSSR count). The van der Waals surface area contributed by atoms with Gasteiger partial charge in [0.25, 0.3) is 0 Å². The van der Waals surface area contributed by atoms with Gasteiger partial charge >= 0.3 is 6.18 Å². The van der Waals surface area contributed by atoms with Gasteiger partial charge in [0.15, 0.2) is 0 Å². The van der Waals surface area contributed by atoms with Crippen molar-refractivity contribution in [3.05, 3.63) is 12.2 Å². The standard InChI is InChI=1S/C23H33F3N2O2/c1-13(12-23(24,25)26)27-20(30)17-6-5-15-14-4-7-18-22(3,11-9-19(29)28-18)16(14)8-10-21(15,17)2/h9,11,13-18H,4-8,10,12H2,1-3H3,(H,27,30)(H,28,29)/t13?,14-,15-,16-,17+,18-,21-,22-/m1/s1. The van der Waals surface area contributed by atoms with Gasteiger partial charge in [-0.1, -0.05) is 19.9 Å². The molecule has 3 saturated carbocycles. The van der Waals surface area contributed by atoms with Crippen LogP contribution in [0.3, 0.4) is 0 Å². The summed E-state index contributed by atoms with van der Waals surface area (Å²) in [5, 5.41) is 5.80. The maximum atomic E-state index is 13.0. The fraction of sp³-hybridized carbons (Fsp3) is 0.826. The van der Waals surface area contributed by atoms with Gasteiger partial charge in [-0.2, -0.15) is 13.2 Å². The molecule has 4 aliphatic rings. The van der Waals surface area contributed by atoms with Gasteiger partial charge in [-0.25, -0.2) is 0 Å². The Hall–Kier alpha value is -1.53. The van der Waals surface area contributed by atoms with Crippen LogP contribution in [-0.4, -0.2) is 30.1 Å². The van der Waals surface area contributed by atoms with Crippen LogP contribution in [0.1, 0.15) is 65.7 Å². The normalized spacial score (nSPS) is 43.8. The number of amides is 2. The van der Waals surface area contributed by atoms with Crippen molar-refractivity contribution >= 4 is 11.8 Å². The average molecular weight is 427 g/mol. The van der Waals surface area contributed by atoms with E-state index in [1.807, 2.05) is 0 Å². The first kappa shape index (κ1) is 21.7. The Morgan fingerprint density at radius 3 is 2.63 bits per heavy atom. The zero-order valence-electron chi connectivity index (χ0n) is 18.0. The van der Waals surface area contributed by atoms with E-state index in [-0.39, 0.29) is 34.6 Å². The third kappa shape index (κ3) is 3.56. The molecule has 4 nitrogen and oxygen atoms in total. The molecular formula is C23H33F3N2O2. The molecule has 0 aromatic carbocycles. The Balaban J connectivity index is 1.49. The molecule has 7 heteroatoms. The Bertz CT molecular complexity index is 751. The Morgan fingerprint density at radius 2 is 1.93 bits per heavy atom. The highest BCUT2D eigenvalue weighted by Gasteiger charge is 2.60. The average Bonchev–Trinajstić information content (AvgIpc) is 2.98. The predicted octanol–water partition coefficient (Wildman–Crippen LogP) is 4.36. The van der Waals surface area contributed by atoms with Gasteiger partial charge in [-0.05, 0) is 74.7 Å². The second-order valence-corrected chi connectivity index (χ2v) is 10.6. The predicted molar refractivity (Wildman–Crippen MR) is 107 cm³/mol. The first-order valence-corrected chi connectivity index (χ1v) is 11.3. The van der Waals surface area contributed by atoms with Crippen LogP contribution < -0.4 is 10.6 Å². The number of rotatable bonds is 3. The van der Waals surface area contributed by atoms with Crippen LogP contribution in [0, 0.1) is 34.5 Å². The van der Waals surface area contributed by atoms with Crippen LogP contribution in [0.4, 0.5) is 13.2 Å². The van der Waals surface area contributed by atoms with Gasteiger partial charge in [-0.15, -0.1) is 0 Å². The number of fused-ring (bicyclic) bond motifs is 5. The summed E-state index contributed by atoms with van der Waals surface area (Å²) in [5.41, 5.74) is -0.215. The van der Waals surface area contributed by atoms with Crippen molar-refractivity contribution in [2.45, 2.75) is 84.0 Å². The summed E-state index contributed by atoms with van der Waals surface area (Å²) in [6.45, 7) is 5.88. The third-order valence-corrected chi connectivity index (χ3v) is 8.93. The third-order valence-electron chi connectivity index (χ3n) is 8.93. The summed E-state index contributed by atoms with van der Waals surface area (Å²) < 4.78 is 38.0. The molecule has 0 radical (unpaired) electrons. The first-order chi connectivity index (χ1) is 13.9. The van der Waals surface area contributed by atoms with Gasteiger partial charge < -0.3 is 10.6 Å². The van der Waals surface area contributed by atoms with E-state index in [4.69, 9.17) is 0 Å². The maximum Gasteiger partial charge on any atom is 0.391 e. The van der Waals surface area contributed by atoms with Gasteiger partial charge in [0, 0.05) is 23.4 Å². The van der Waals surface area contributed by atoms with Crippen LogP contribution in [-0.2, 0) is 9.59 Å². The van der Waals surface area contributed by atoms with Crippen molar-refractivity contribution in [1.29, 1.82) is 0 Å². The molecule has 30 heavy (non-hydrogen) atoms. The summed E-state index contributed by atoms with van der Waals surface area (Å²) in [4.78, 5) is 24.8. The Kier molecular flexibility index (Phi) is 5.25. The lowest BCUT2D eigenvalue weighted by Crippen LogP contribution is -2.59. The van der Waals surface area contributed by atoms with Crippen molar-refractivity contribution in [3.63, 3.8) is 0 Å². The van der Waals surface area contributed by atoms with E-state index in [0.29, 0.717) is 17.8 Å². The fourth-order valence-corrected chi connectivity index (χ4v) is 7.51. The quantitative estimate of drug-likeness (QED) is 0.705. The SMILES string of the molecule is CC(CC(F)(F)F)NC(=O)[C@@H]1CC[C@@H]2[C@H]3CC[C@H]4NC(=O)C=C[C@]4(C)[C@@H]3CC[C@]21C. The molecule has 0 aromatic heterocycles. The van der Waals surface area contributed by atoms with E-state index in [1.54, 1.807) is 6.08 Å². The molecule has 0 bridgehead atoms. The number of halogens is 3. The maximum absolute atomic E-state index is 13.0. The minimum absolute atomic E-state index is 0.0119. The van der Waals surface area contributed by atoms with Crippen LogP contribution in [0.2, 0.25) is 0 Å². The Morgan fingerprint density at radius 1 is 1.20 bits per heavy atom. The molecule has 0 aromatic rings. The second kappa shape index (κ2) is 7.27. The van der Waals surface area contributed by atoms with E-state index < -0.39 is 18.6 Å². The molecule has 1 heterocycles. The monoisotopic (exact) mass is 426 g/mol. The van der Waals surface area contributed by atoms with E-state index in [9.17, 15) is 22.8 Å². The number of hydrogen-bond acceptors (Lipinski definition) is 2. The molecule has 1 aliphatic heterocycles. The number of carbonyl (C=O) groups is 2. The molecule has 0 spiro atoms. The van der Waals surface area contributed by atoms with Crippen molar-refractivity contribution in [1.82, 2.24) is 10.6 Å². The number of hydrogen-bond donors (Lipinski definition) is 2.